The monoisotopic (exact) mass is 272 g/mol. The predicted octanol–water partition coefficient (Wildman–Crippen LogP) is -1.07. The minimum atomic E-state index is 0.215. The Morgan fingerprint density at radius 2 is 1.95 bits per heavy atom. The van der Waals surface area contributed by atoms with E-state index in [1.54, 1.807) is 7.11 Å². The lowest BCUT2D eigenvalue weighted by molar-refractivity contribution is -0.131. The summed E-state index contributed by atoms with van der Waals surface area (Å²) in [5.41, 5.74) is 0. The number of nitrogens with zero attached hydrogens (tertiary/aromatic N) is 3. The third kappa shape index (κ3) is 6.87. The van der Waals surface area contributed by atoms with E-state index in [-0.39, 0.29) is 5.91 Å². The molecule has 19 heavy (non-hydrogen) atoms. The van der Waals surface area contributed by atoms with Crippen molar-refractivity contribution in [2.75, 3.05) is 80.2 Å². The van der Waals surface area contributed by atoms with E-state index in [1.165, 1.54) is 0 Å². The summed E-state index contributed by atoms with van der Waals surface area (Å²) in [5.74, 6) is 0.215. The Bertz CT molecular complexity index is 255. The van der Waals surface area contributed by atoms with Gasteiger partial charge in [0.15, 0.2) is 0 Å². The minimum absolute atomic E-state index is 0.215. The number of carbonyl (C=O) groups excluding carboxylic acids is 1. The van der Waals surface area contributed by atoms with E-state index in [4.69, 9.17) is 4.74 Å². The number of hydrogen-bond acceptors (Lipinski definition) is 5. The molecule has 1 amide bonds. The Balaban J connectivity index is 2.04. The fourth-order valence-corrected chi connectivity index (χ4v) is 1.99. The fourth-order valence-electron chi connectivity index (χ4n) is 1.99. The number of amides is 1. The highest BCUT2D eigenvalue weighted by Gasteiger charge is 2.18. The molecule has 0 aliphatic carbocycles. The number of nitrogens with one attached hydrogen (secondary N) is 1. The molecule has 0 atom stereocenters. The standard InChI is InChI=1S/C13H28N4O2/c1-15(10-11-19-3)5-4-14-12-13(18)17-8-6-16(2)7-9-17/h14H,4-12H2,1-3H3. The quantitative estimate of drug-likeness (QED) is 0.570. The molecule has 6 nitrogen and oxygen atoms in total. The smallest absolute Gasteiger partial charge is 0.236 e. The summed E-state index contributed by atoms with van der Waals surface area (Å²) in [7, 11) is 5.86. The lowest BCUT2D eigenvalue weighted by Crippen LogP contribution is -2.49. The van der Waals surface area contributed by atoms with Gasteiger partial charge in [-0.15, -0.1) is 0 Å². The second-order valence-electron chi connectivity index (χ2n) is 5.16. The molecule has 1 aliphatic heterocycles. The minimum Gasteiger partial charge on any atom is -0.383 e. The lowest BCUT2D eigenvalue weighted by Gasteiger charge is -2.32. The van der Waals surface area contributed by atoms with Crippen LogP contribution in [-0.4, -0.2) is 101 Å². The molecular weight excluding hydrogens is 244 g/mol. The van der Waals surface area contributed by atoms with Crippen LogP contribution in [0.1, 0.15) is 0 Å². The molecular formula is C13H28N4O2. The highest BCUT2D eigenvalue weighted by Crippen LogP contribution is 1.98. The van der Waals surface area contributed by atoms with Crippen LogP contribution in [0.2, 0.25) is 0 Å². The summed E-state index contributed by atoms with van der Waals surface area (Å²) < 4.78 is 5.02. The van der Waals surface area contributed by atoms with Gasteiger partial charge in [0, 0.05) is 52.9 Å². The van der Waals surface area contributed by atoms with Crippen LogP contribution in [0.4, 0.5) is 0 Å². The second kappa shape index (κ2) is 9.25. The van der Waals surface area contributed by atoms with E-state index >= 15 is 0 Å². The first-order chi connectivity index (χ1) is 9.13. The lowest BCUT2D eigenvalue weighted by atomic mass is 10.3. The molecule has 0 spiro atoms. The van der Waals surface area contributed by atoms with Crippen LogP contribution in [0.3, 0.4) is 0 Å². The molecule has 0 aromatic heterocycles. The summed E-state index contributed by atoms with van der Waals surface area (Å²) in [6.07, 6.45) is 0. The van der Waals surface area contributed by atoms with Gasteiger partial charge in [-0.25, -0.2) is 0 Å². The van der Waals surface area contributed by atoms with E-state index in [1.807, 2.05) is 4.90 Å². The topological polar surface area (TPSA) is 48.1 Å². The number of rotatable bonds is 8. The molecule has 0 aromatic rings. The van der Waals surface area contributed by atoms with Crippen molar-refractivity contribution in [1.29, 1.82) is 0 Å². The Kier molecular flexibility index (Phi) is 7.97. The van der Waals surface area contributed by atoms with Gasteiger partial charge < -0.3 is 24.8 Å². The summed E-state index contributed by atoms with van der Waals surface area (Å²) >= 11 is 0. The van der Waals surface area contributed by atoms with Gasteiger partial charge in [-0.3, -0.25) is 4.79 Å². The third-order valence-corrected chi connectivity index (χ3v) is 3.48. The average molecular weight is 272 g/mol. The first kappa shape index (κ1) is 16.4. The van der Waals surface area contributed by atoms with Crippen LogP contribution in [0.5, 0.6) is 0 Å². The van der Waals surface area contributed by atoms with Crippen molar-refractivity contribution >= 4 is 5.91 Å². The van der Waals surface area contributed by atoms with Crippen LogP contribution in [0, 0.1) is 0 Å². The summed E-state index contributed by atoms with van der Waals surface area (Å²) in [5, 5.41) is 3.21. The predicted molar refractivity (Wildman–Crippen MR) is 76.3 cm³/mol. The maximum Gasteiger partial charge on any atom is 0.236 e. The second-order valence-corrected chi connectivity index (χ2v) is 5.16. The maximum absolute atomic E-state index is 11.9. The Hall–Kier alpha value is -0.690. The first-order valence-corrected chi connectivity index (χ1v) is 6.98. The van der Waals surface area contributed by atoms with Gasteiger partial charge in [-0.2, -0.15) is 0 Å². The SMILES string of the molecule is COCCN(C)CCNCC(=O)N1CCN(C)CC1. The molecule has 1 aliphatic rings. The highest BCUT2D eigenvalue weighted by atomic mass is 16.5. The largest absolute Gasteiger partial charge is 0.383 e. The van der Waals surface area contributed by atoms with Crippen molar-refractivity contribution in [3.8, 4) is 0 Å². The Morgan fingerprint density at radius 3 is 2.58 bits per heavy atom. The van der Waals surface area contributed by atoms with E-state index in [0.717, 1.165) is 52.4 Å². The maximum atomic E-state index is 11.9. The van der Waals surface area contributed by atoms with Gasteiger partial charge in [-0.05, 0) is 14.1 Å². The molecule has 1 N–H and O–H groups in total. The van der Waals surface area contributed by atoms with Crippen LogP contribution in [-0.2, 0) is 9.53 Å². The summed E-state index contributed by atoms with van der Waals surface area (Å²) in [6.45, 7) is 7.54. The van der Waals surface area contributed by atoms with Crippen LogP contribution in [0.15, 0.2) is 0 Å². The molecule has 0 bridgehead atoms. The van der Waals surface area contributed by atoms with Crippen LogP contribution >= 0.6 is 0 Å². The normalized spacial score (nSPS) is 17.2. The molecule has 0 unspecified atom stereocenters. The Labute approximate surface area is 116 Å². The number of hydrogen-bond donors (Lipinski definition) is 1. The van der Waals surface area contributed by atoms with Crippen LogP contribution in [0.25, 0.3) is 0 Å². The zero-order valence-corrected chi connectivity index (χ0v) is 12.5. The number of piperazine rings is 1. The molecule has 1 rings (SSSR count). The average Bonchev–Trinajstić information content (AvgIpc) is 2.41. The van der Waals surface area contributed by atoms with E-state index in [9.17, 15) is 4.79 Å². The molecule has 112 valence electrons. The molecule has 1 fully saturated rings. The number of methoxy groups -OCH3 is 1. The number of carbonyl (C=O) groups is 1. The molecule has 0 aromatic carbocycles. The van der Waals surface area contributed by atoms with Crippen molar-refractivity contribution in [1.82, 2.24) is 20.0 Å². The van der Waals surface area contributed by atoms with Gasteiger partial charge in [0.1, 0.15) is 0 Å². The molecule has 1 saturated heterocycles. The molecule has 0 saturated carbocycles. The Morgan fingerprint density at radius 1 is 1.26 bits per heavy atom. The van der Waals surface area contributed by atoms with E-state index in [0.29, 0.717) is 6.54 Å². The van der Waals surface area contributed by atoms with Crippen molar-refractivity contribution in [2.24, 2.45) is 0 Å². The van der Waals surface area contributed by atoms with Gasteiger partial charge >= 0.3 is 0 Å². The fraction of sp³-hybridized carbons (Fsp3) is 0.923. The van der Waals surface area contributed by atoms with Gasteiger partial charge in [0.25, 0.3) is 0 Å². The first-order valence-electron chi connectivity index (χ1n) is 6.98. The van der Waals surface area contributed by atoms with E-state index < -0.39 is 0 Å². The zero-order valence-electron chi connectivity index (χ0n) is 12.5. The summed E-state index contributed by atoms with van der Waals surface area (Å²) in [4.78, 5) is 18.3. The third-order valence-electron chi connectivity index (χ3n) is 3.48. The van der Waals surface area contributed by atoms with Crippen molar-refractivity contribution in [3.05, 3.63) is 0 Å². The molecule has 1 heterocycles. The highest BCUT2D eigenvalue weighted by molar-refractivity contribution is 5.78. The molecule has 6 heteroatoms. The van der Waals surface area contributed by atoms with Crippen molar-refractivity contribution in [3.63, 3.8) is 0 Å². The van der Waals surface area contributed by atoms with Gasteiger partial charge in [0.2, 0.25) is 5.91 Å². The van der Waals surface area contributed by atoms with Gasteiger partial charge in [-0.1, -0.05) is 0 Å². The number of ether oxygens (including phenoxy) is 1. The summed E-state index contributed by atoms with van der Waals surface area (Å²) in [6, 6.07) is 0. The molecule has 0 radical (unpaired) electrons. The van der Waals surface area contributed by atoms with Crippen molar-refractivity contribution < 1.29 is 9.53 Å². The van der Waals surface area contributed by atoms with Crippen LogP contribution < -0.4 is 5.32 Å². The number of likely N-dealkylation sites (N-methyl/N-ethyl adjacent to an activating group) is 2. The van der Waals surface area contributed by atoms with Gasteiger partial charge in [0.05, 0.1) is 13.2 Å². The van der Waals surface area contributed by atoms with E-state index in [2.05, 4.69) is 29.2 Å². The van der Waals surface area contributed by atoms with Crippen molar-refractivity contribution in [2.45, 2.75) is 0 Å². The zero-order chi connectivity index (χ0) is 14.1.